The first-order valence-electron chi connectivity index (χ1n) is 21.5. The van der Waals surface area contributed by atoms with E-state index < -0.39 is 5.41 Å². The molecule has 4 heteroatoms. The van der Waals surface area contributed by atoms with E-state index in [1.54, 1.807) is 6.08 Å². The van der Waals surface area contributed by atoms with Gasteiger partial charge in [0, 0.05) is 33.2 Å². The van der Waals surface area contributed by atoms with Crippen LogP contribution in [0.2, 0.25) is 0 Å². The SMILES string of the molecule is C=C/C=C\C(=C/C)c1nc(-c2ccccc2-c2cccc3c2C2(c4ccccc4-c4ccccc42)c2ccccc2-3)nc(-c2cccc3c2c2ccccc2n3-c2ccccc2)n1. The van der Waals surface area contributed by atoms with Gasteiger partial charge >= 0.3 is 0 Å². The summed E-state index contributed by atoms with van der Waals surface area (Å²) in [4.78, 5) is 16.1. The van der Waals surface area contributed by atoms with Crippen LogP contribution in [0.4, 0.5) is 0 Å². The molecule has 0 unspecified atom stereocenters. The fraction of sp³-hybridized carbons (Fsp3) is 0.0339. The number of benzene rings is 8. The molecule has 2 aliphatic carbocycles. The van der Waals surface area contributed by atoms with Crippen LogP contribution in [0.15, 0.2) is 219 Å². The quantitative estimate of drug-likeness (QED) is 0.151. The zero-order valence-electron chi connectivity index (χ0n) is 34.7. The molecule has 0 fully saturated rings. The van der Waals surface area contributed by atoms with E-state index in [1.165, 1.54) is 44.5 Å². The van der Waals surface area contributed by atoms with Crippen LogP contribution in [0.1, 0.15) is 35.0 Å². The molecular formula is C59H40N4. The average molecular weight is 805 g/mol. The molecule has 1 spiro atoms. The van der Waals surface area contributed by atoms with Crippen LogP contribution >= 0.6 is 0 Å². The molecule has 12 rings (SSSR count). The number of rotatable bonds is 7. The van der Waals surface area contributed by atoms with Gasteiger partial charge < -0.3 is 4.57 Å². The minimum absolute atomic E-state index is 0.519. The fourth-order valence-electron chi connectivity index (χ4n) is 10.6. The van der Waals surface area contributed by atoms with Crippen LogP contribution < -0.4 is 0 Å². The smallest absolute Gasteiger partial charge is 0.164 e. The molecule has 0 bridgehead atoms. The molecular weight excluding hydrogens is 765 g/mol. The Morgan fingerprint density at radius 3 is 1.63 bits per heavy atom. The number of fused-ring (bicyclic) bond motifs is 13. The zero-order valence-corrected chi connectivity index (χ0v) is 34.7. The number of para-hydroxylation sites is 2. The highest BCUT2D eigenvalue weighted by atomic mass is 15.0. The summed E-state index contributed by atoms with van der Waals surface area (Å²) in [5, 5.41) is 2.23. The monoisotopic (exact) mass is 804 g/mol. The van der Waals surface area contributed by atoms with Crippen molar-refractivity contribution in [2.75, 3.05) is 0 Å². The maximum Gasteiger partial charge on any atom is 0.164 e. The van der Waals surface area contributed by atoms with Gasteiger partial charge in [-0.25, -0.2) is 15.0 Å². The van der Waals surface area contributed by atoms with Gasteiger partial charge in [0.05, 0.1) is 16.4 Å². The highest BCUT2D eigenvalue weighted by Gasteiger charge is 2.52. The van der Waals surface area contributed by atoms with E-state index in [9.17, 15) is 0 Å². The standard InChI is InChI=1S/C59H40N4/c1-3-5-21-38(4-2)56-60-57(62-58(61-56)48-32-20-37-53-54(48)47-29-14-18-36-52(47)63(53)39-22-7-6-8-23-39)46-28-10-9-24-40(46)44-30-19-31-45-43-27-13-17-35-51(43)59(55(44)45)49-33-15-11-25-41(49)42-26-12-16-34-50(42)59/h3-37H,1H2,2H3/b21-5-,38-4+. The van der Waals surface area contributed by atoms with E-state index in [0.29, 0.717) is 17.5 Å². The van der Waals surface area contributed by atoms with Gasteiger partial charge in [0.15, 0.2) is 17.5 Å². The summed E-state index contributed by atoms with van der Waals surface area (Å²) in [5.41, 5.74) is 18.0. The van der Waals surface area contributed by atoms with Crippen LogP contribution in [0, 0.1) is 0 Å². The Balaban J connectivity index is 1.14. The van der Waals surface area contributed by atoms with Crippen LogP contribution in [0.25, 0.3) is 89.2 Å². The normalized spacial score (nSPS) is 13.4. The van der Waals surface area contributed by atoms with Crippen molar-refractivity contribution < 1.29 is 0 Å². The third kappa shape index (κ3) is 5.31. The number of hydrogen-bond acceptors (Lipinski definition) is 3. The number of hydrogen-bond donors (Lipinski definition) is 0. The molecule has 0 N–H and O–H groups in total. The second-order valence-corrected chi connectivity index (χ2v) is 16.2. The summed E-state index contributed by atoms with van der Waals surface area (Å²) >= 11 is 0. The lowest BCUT2D eigenvalue weighted by molar-refractivity contribution is 0.796. The Bertz CT molecular complexity index is 3490. The molecule has 63 heavy (non-hydrogen) atoms. The van der Waals surface area contributed by atoms with Crippen LogP contribution in [-0.2, 0) is 5.41 Å². The van der Waals surface area contributed by atoms with Gasteiger partial charge in [0.25, 0.3) is 0 Å². The molecule has 10 aromatic rings. The van der Waals surface area contributed by atoms with Gasteiger partial charge in [-0.2, -0.15) is 0 Å². The molecule has 0 aliphatic heterocycles. The van der Waals surface area contributed by atoms with E-state index in [-0.39, 0.29) is 0 Å². The molecule has 2 heterocycles. The first-order valence-corrected chi connectivity index (χ1v) is 21.5. The maximum absolute atomic E-state index is 5.49. The van der Waals surface area contributed by atoms with Crippen LogP contribution in [0.3, 0.4) is 0 Å². The van der Waals surface area contributed by atoms with Crippen molar-refractivity contribution in [3.05, 3.63) is 247 Å². The van der Waals surface area contributed by atoms with Crippen molar-refractivity contribution in [2.24, 2.45) is 0 Å². The van der Waals surface area contributed by atoms with Gasteiger partial charge in [-0.15, -0.1) is 0 Å². The van der Waals surface area contributed by atoms with Crippen LogP contribution in [-0.4, -0.2) is 19.5 Å². The van der Waals surface area contributed by atoms with E-state index in [4.69, 9.17) is 15.0 Å². The Morgan fingerprint density at radius 2 is 0.968 bits per heavy atom. The number of aromatic nitrogens is 4. The average Bonchev–Trinajstić information content (AvgIpc) is 3.96. The van der Waals surface area contributed by atoms with E-state index >= 15 is 0 Å². The molecule has 296 valence electrons. The molecule has 2 aromatic heterocycles. The predicted octanol–water partition coefficient (Wildman–Crippen LogP) is 14.5. The first-order chi connectivity index (χ1) is 31.2. The molecule has 2 aliphatic rings. The highest BCUT2D eigenvalue weighted by molar-refractivity contribution is 6.15. The zero-order chi connectivity index (χ0) is 42.1. The van der Waals surface area contributed by atoms with Gasteiger partial charge in [0.2, 0.25) is 0 Å². The van der Waals surface area contributed by atoms with Crippen molar-refractivity contribution in [2.45, 2.75) is 12.3 Å². The minimum atomic E-state index is -0.519. The largest absolute Gasteiger partial charge is 0.309 e. The van der Waals surface area contributed by atoms with E-state index in [2.05, 4.69) is 205 Å². The van der Waals surface area contributed by atoms with Gasteiger partial charge in [-0.1, -0.05) is 195 Å². The summed E-state index contributed by atoms with van der Waals surface area (Å²) in [6.07, 6.45) is 7.78. The summed E-state index contributed by atoms with van der Waals surface area (Å²) in [6.45, 7) is 5.98. The lowest BCUT2D eigenvalue weighted by atomic mass is 9.68. The van der Waals surface area contributed by atoms with Crippen LogP contribution in [0.5, 0.6) is 0 Å². The summed E-state index contributed by atoms with van der Waals surface area (Å²) in [7, 11) is 0. The van der Waals surface area contributed by atoms with E-state index in [1.807, 2.05) is 19.1 Å². The van der Waals surface area contributed by atoms with Crippen molar-refractivity contribution in [3.63, 3.8) is 0 Å². The van der Waals surface area contributed by atoms with Crippen molar-refractivity contribution in [1.29, 1.82) is 0 Å². The Labute approximate surface area is 366 Å². The van der Waals surface area contributed by atoms with Crippen molar-refractivity contribution in [1.82, 2.24) is 19.5 Å². The maximum atomic E-state index is 5.49. The number of allylic oxidation sites excluding steroid dienone is 5. The lowest BCUT2D eigenvalue weighted by Gasteiger charge is -2.32. The van der Waals surface area contributed by atoms with E-state index in [0.717, 1.165) is 55.3 Å². The predicted molar refractivity (Wildman–Crippen MR) is 260 cm³/mol. The molecule has 0 radical (unpaired) electrons. The minimum Gasteiger partial charge on any atom is -0.309 e. The second kappa shape index (κ2) is 14.5. The molecule has 0 atom stereocenters. The molecule has 8 aromatic carbocycles. The van der Waals surface area contributed by atoms with Gasteiger partial charge in [-0.3, -0.25) is 0 Å². The Morgan fingerprint density at radius 1 is 0.476 bits per heavy atom. The molecule has 0 saturated heterocycles. The third-order valence-corrected chi connectivity index (χ3v) is 13.0. The summed E-state index contributed by atoms with van der Waals surface area (Å²) in [6, 6.07) is 67.9. The fourth-order valence-corrected chi connectivity index (χ4v) is 10.6. The summed E-state index contributed by atoms with van der Waals surface area (Å²) < 4.78 is 2.33. The second-order valence-electron chi connectivity index (χ2n) is 16.2. The lowest BCUT2D eigenvalue weighted by Crippen LogP contribution is -2.26. The molecule has 0 saturated carbocycles. The Kier molecular flexibility index (Phi) is 8.41. The first kappa shape index (κ1) is 36.6. The topological polar surface area (TPSA) is 43.6 Å². The van der Waals surface area contributed by atoms with Crippen molar-refractivity contribution >= 4 is 27.4 Å². The van der Waals surface area contributed by atoms with Crippen molar-refractivity contribution in [3.8, 4) is 61.8 Å². The summed E-state index contributed by atoms with van der Waals surface area (Å²) in [5.74, 6) is 1.81. The highest BCUT2D eigenvalue weighted by Crippen LogP contribution is 2.64. The third-order valence-electron chi connectivity index (χ3n) is 13.0. The Hall–Kier alpha value is -8.21. The van der Waals surface area contributed by atoms with Gasteiger partial charge in [0.1, 0.15) is 0 Å². The molecule has 4 nitrogen and oxygen atoms in total. The molecule has 0 amide bonds. The number of nitrogens with zero attached hydrogens (tertiary/aromatic N) is 4. The van der Waals surface area contributed by atoms with Gasteiger partial charge in [-0.05, 0) is 86.8 Å².